The Hall–Kier alpha value is -3.47. The molecular weight excluding hydrogens is 364 g/mol. The standard InChI is InChI=1S/C24H20N2O3/c27-23(20-15-9-10-16(13-15)21(20)24(28)29)26-19-8-4-7-18-17(11-12-25-22(18)19)14-5-2-1-3-6-14/h1-12,15-16,20-21H,13H2,(H,26,27)(H,28,29)/t15-,16-,20+,21+/m0/s1. The second-order valence-electron chi connectivity index (χ2n) is 7.75. The summed E-state index contributed by atoms with van der Waals surface area (Å²) in [5.74, 6) is -2.41. The van der Waals surface area contributed by atoms with Crippen molar-refractivity contribution in [2.24, 2.45) is 23.7 Å². The number of hydrogen-bond acceptors (Lipinski definition) is 3. The van der Waals surface area contributed by atoms with Crippen LogP contribution in [0.15, 0.2) is 72.9 Å². The normalized spacial score (nSPS) is 24.7. The van der Waals surface area contributed by atoms with Crippen molar-refractivity contribution in [3.63, 3.8) is 0 Å². The highest BCUT2D eigenvalue weighted by Gasteiger charge is 2.51. The zero-order valence-corrected chi connectivity index (χ0v) is 15.7. The molecule has 5 rings (SSSR count). The van der Waals surface area contributed by atoms with Crippen molar-refractivity contribution >= 4 is 28.5 Å². The third-order valence-corrected chi connectivity index (χ3v) is 6.16. The van der Waals surface area contributed by atoms with Crippen molar-refractivity contribution in [3.05, 3.63) is 72.9 Å². The average molecular weight is 384 g/mol. The maximum absolute atomic E-state index is 13.1. The zero-order valence-electron chi connectivity index (χ0n) is 15.7. The summed E-state index contributed by atoms with van der Waals surface area (Å²) >= 11 is 0. The summed E-state index contributed by atoms with van der Waals surface area (Å²) in [5, 5.41) is 13.5. The molecule has 0 saturated heterocycles. The van der Waals surface area contributed by atoms with Crippen LogP contribution in [0.1, 0.15) is 6.42 Å². The van der Waals surface area contributed by atoms with Crippen LogP contribution in [-0.2, 0) is 9.59 Å². The molecule has 2 aromatic carbocycles. The smallest absolute Gasteiger partial charge is 0.307 e. The van der Waals surface area contributed by atoms with Gasteiger partial charge in [0.15, 0.2) is 0 Å². The summed E-state index contributed by atoms with van der Waals surface area (Å²) in [5.41, 5.74) is 3.43. The van der Waals surface area contributed by atoms with E-state index in [2.05, 4.69) is 10.3 Å². The van der Waals surface area contributed by atoms with Crippen LogP contribution in [0.5, 0.6) is 0 Å². The zero-order chi connectivity index (χ0) is 20.0. The Labute approximate surface area is 168 Å². The SMILES string of the molecule is O=C(O)[C@H]1[C@H](C(=O)Nc2cccc3c(-c4ccccc4)ccnc23)[C@H]2C=C[C@H]1C2. The maximum atomic E-state index is 13.1. The highest BCUT2D eigenvalue weighted by molar-refractivity contribution is 6.06. The van der Waals surface area contributed by atoms with E-state index in [0.717, 1.165) is 22.9 Å². The van der Waals surface area contributed by atoms with Gasteiger partial charge in [-0.1, -0.05) is 54.6 Å². The largest absolute Gasteiger partial charge is 0.481 e. The van der Waals surface area contributed by atoms with Crippen LogP contribution in [0.3, 0.4) is 0 Å². The molecule has 1 heterocycles. The number of anilines is 1. The summed E-state index contributed by atoms with van der Waals surface area (Å²) in [6.45, 7) is 0. The van der Waals surface area contributed by atoms with Crippen LogP contribution in [0.2, 0.25) is 0 Å². The lowest BCUT2D eigenvalue weighted by Gasteiger charge is -2.24. The molecule has 5 heteroatoms. The van der Waals surface area contributed by atoms with Gasteiger partial charge in [0.1, 0.15) is 0 Å². The first-order valence-corrected chi connectivity index (χ1v) is 9.78. The molecule has 0 spiro atoms. The van der Waals surface area contributed by atoms with Crippen LogP contribution >= 0.6 is 0 Å². The Morgan fingerprint density at radius 2 is 1.69 bits per heavy atom. The molecule has 2 aliphatic carbocycles. The molecule has 0 aliphatic heterocycles. The van der Waals surface area contributed by atoms with Gasteiger partial charge in [0, 0.05) is 11.6 Å². The number of benzene rings is 2. The molecule has 5 nitrogen and oxygen atoms in total. The first-order chi connectivity index (χ1) is 14.1. The van der Waals surface area contributed by atoms with Crippen LogP contribution in [-0.4, -0.2) is 22.0 Å². The molecule has 1 amide bonds. The topological polar surface area (TPSA) is 79.3 Å². The van der Waals surface area contributed by atoms with E-state index in [1.165, 1.54) is 0 Å². The van der Waals surface area contributed by atoms with E-state index in [-0.39, 0.29) is 17.7 Å². The van der Waals surface area contributed by atoms with Gasteiger partial charge in [-0.05, 0) is 41.5 Å². The number of aromatic nitrogens is 1. The minimum Gasteiger partial charge on any atom is -0.481 e. The average Bonchev–Trinajstić information content (AvgIpc) is 3.36. The lowest BCUT2D eigenvalue weighted by atomic mass is 9.82. The van der Waals surface area contributed by atoms with E-state index in [1.807, 2.05) is 66.7 Å². The molecule has 3 aromatic rings. The number of para-hydroxylation sites is 1. The number of aliphatic carboxylic acids is 1. The van der Waals surface area contributed by atoms with E-state index in [4.69, 9.17) is 0 Å². The van der Waals surface area contributed by atoms with Crippen molar-refractivity contribution in [2.45, 2.75) is 6.42 Å². The highest BCUT2D eigenvalue weighted by atomic mass is 16.4. The van der Waals surface area contributed by atoms with Crippen LogP contribution < -0.4 is 5.32 Å². The fourth-order valence-electron chi connectivity index (χ4n) is 4.88. The summed E-state index contributed by atoms with van der Waals surface area (Å²) in [6.07, 6.45) is 6.41. The third kappa shape index (κ3) is 2.90. The Kier molecular flexibility index (Phi) is 4.16. The van der Waals surface area contributed by atoms with Crippen molar-refractivity contribution in [1.29, 1.82) is 0 Å². The number of carboxylic acid groups (broad SMARTS) is 1. The number of carbonyl (C=O) groups is 2. The summed E-state index contributed by atoms with van der Waals surface area (Å²) in [4.78, 5) is 29.3. The number of rotatable bonds is 4. The Morgan fingerprint density at radius 3 is 2.45 bits per heavy atom. The van der Waals surface area contributed by atoms with E-state index < -0.39 is 17.8 Å². The number of amides is 1. The number of carboxylic acids is 1. The number of fused-ring (bicyclic) bond motifs is 3. The molecule has 2 bridgehead atoms. The van der Waals surface area contributed by atoms with Crippen molar-refractivity contribution < 1.29 is 14.7 Å². The molecule has 1 aromatic heterocycles. The first kappa shape index (κ1) is 17.6. The molecule has 2 N–H and O–H groups in total. The second-order valence-corrected chi connectivity index (χ2v) is 7.75. The molecule has 1 saturated carbocycles. The second kappa shape index (κ2) is 6.85. The number of nitrogens with zero attached hydrogens (tertiary/aromatic N) is 1. The highest BCUT2D eigenvalue weighted by Crippen LogP contribution is 2.48. The van der Waals surface area contributed by atoms with E-state index >= 15 is 0 Å². The molecule has 0 unspecified atom stereocenters. The molecule has 0 radical (unpaired) electrons. The predicted molar refractivity (Wildman–Crippen MR) is 111 cm³/mol. The van der Waals surface area contributed by atoms with Crippen LogP contribution in [0, 0.1) is 23.7 Å². The molecule has 144 valence electrons. The van der Waals surface area contributed by atoms with Gasteiger partial charge in [-0.15, -0.1) is 0 Å². The van der Waals surface area contributed by atoms with Crippen LogP contribution in [0.25, 0.3) is 22.0 Å². The molecule has 2 aliphatic rings. The minimum absolute atomic E-state index is 0.0103. The number of pyridine rings is 1. The van der Waals surface area contributed by atoms with Gasteiger partial charge in [0.2, 0.25) is 5.91 Å². The molecule has 1 fully saturated rings. The fourth-order valence-corrected chi connectivity index (χ4v) is 4.88. The number of hydrogen-bond donors (Lipinski definition) is 2. The predicted octanol–water partition coefficient (Wildman–Crippen LogP) is 4.36. The van der Waals surface area contributed by atoms with E-state index in [0.29, 0.717) is 11.2 Å². The summed E-state index contributed by atoms with van der Waals surface area (Å²) in [6, 6.07) is 17.7. The molecule has 4 atom stereocenters. The lowest BCUT2D eigenvalue weighted by molar-refractivity contribution is -0.146. The monoisotopic (exact) mass is 384 g/mol. The van der Waals surface area contributed by atoms with Gasteiger partial charge in [-0.3, -0.25) is 14.6 Å². The van der Waals surface area contributed by atoms with Crippen molar-refractivity contribution in [2.75, 3.05) is 5.32 Å². The number of nitrogens with one attached hydrogen (secondary N) is 1. The first-order valence-electron chi connectivity index (χ1n) is 9.78. The Bertz CT molecular complexity index is 1140. The number of allylic oxidation sites excluding steroid dienone is 2. The van der Waals surface area contributed by atoms with E-state index in [9.17, 15) is 14.7 Å². The minimum atomic E-state index is -0.899. The molecular formula is C24H20N2O3. The van der Waals surface area contributed by atoms with Crippen molar-refractivity contribution in [3.8, 4) is 11.1 Å². The quantitative estimate of drug-likeness (QED) is 0.655. The van der Waals surface area contributed by atoms with Gasteiger partial charge in [0.25, 0.3) is 0 Å². The summed E-state index contributed by atoms with van der Waals surface area (Å²) < 4.78 is 0. The van der Waals surface area contributed by atoms with Crippen LogP contribution in [0.4, 0.5) is 5.69 Å². The van der Waals surface area contributed by atoms with E-state index in [1.54, 1.807) is 6.20 Å². The van der Waals surface area contributed by atoms with Gasteiger partial charge >= 0.3 is 5.97 Å². The maximum Gasteiger partial charge on any atom is 0.307 e. The lowest BCUT2D eigenvalue weighted by Crippen LogP contribution is -2.36. The number of carbonyl (C=O) groups excluding carboxylic acids is 1. The Balaban J connectivity index is 1.51. The third-order valence-electron chi connectivity index (χ3n) is 6.16. The van der Waals surface area contributed by atoms with Gasteiger partial charge < -0.3 is 10.4 Å². The van der Waals surface area contributed by atoms with Gasteiger partial charge in [0.05, 0.1) is 23.0 Å². The van der Waals surface area contributed by atoms with Gasteiger partial charge in [-0.2, -0.15) is 0 Å². The van der Waals surface area contributed by atoms with Gasteiger partial charge in [-0.25, -0.2) is 0 Å². The summed E-state index contributed by atoms with van der Waals surface area (Å²) in [7, 11) is 0. The fraction of sp³-hybridized carbons (Fsp3) is 0.208. The van der Waals surface area contributed by atoms with Crippen molar-refractivity contribution in [1.82, 2.24) is 4.98 Å². The molecule has 29 heavy (non-hydrogen) atoms. The Morgan fingerprint density at radius 1 is 0.931 bits per heavy atom.